The van der Waals surface area contributed by atoms with Crippen LogP contribution in [0.25, 0.3) is 0 Å². The zero-order valence-corrected chi connectivity index (χ0v) is 27.7. The lowest BCUT2D eigenvalue weighted by molar-refractivity contribution is -0.884. The molecule has 0 aromatic rings. The maximum absolute atomic E-state index is 12.7. The van der Waals surface area contributed by atoms with E-state index in [4.69, 9.17) is 14.0 Å². The van der Waals surface area contributed by atoms with Crippen LogP contribution in [0.3, 0.4) is 0 Å². The molecule has 0 rings (SSSR count). The molecule has 0 saturated heterocycles. The largest absolute Gasteiger partial charge is 0.774 e. The highest BCUT2D eigenvalue weighted by Gasteiger charge is 2.35. The van der Waals surface area contributed by atoms with E-state index in [1.807, 2.05) is 28.1 Å². The van der Waals surface area contributed by atoms with Gasteiger partial charge in [0, 0.05) is 20.1 Å². The van der Waals surface area contributed by atoms with E-state index in [1.165, 1.54) is 103 Å². The monoisotopic (exact) mass is 575 g/mol. The first-order valence-corrected chi connectivity index (χ1v) is 17.8. The number of methoxy groups -OCH3 is 1. The molecule has 3 atom stereocenters. The molecule has 0 aliphatic heterocycles. The number of ether oxygens (including phenoxy) is 2. The van der Waals surface area contributed by atoms with Crippen molar-refractivity contribution in [3.05, 3.63) is 12.2 Å². The molecule has 234 valence electrons. The lowest BCUT2D eigenvalue weighted by Gasteiger charge is -2.41. The van der Waals surface area contributed by atoms with E-state index in [2.05, 4.69) is 19.1 Å². The minimum absolute atomic E-state index is 0.00583. The number of hydrogen-bond donors (Lipinski definition) is 0. The average molecular weight is 576 g/mol. The first kappa shape index (κ1) is 38.8. The summed E-state index contributed by atoms with van der Waals surface area (Å²) in [7, 11) is 3.24. The van der Waals surface area contributed by atoms with Crippen molar-refractivity contribution in [2.75, 3.05) is 48.1 Å². The molecule has 0 fully saturated rings. The quantitative estimate of drug-likeness (QED) is 0.0386. The van der Waals surface area contributed by atoms with E-state index >= 15 is 0 Å². The third kappa shape index (κ3) is 23.1. The maximum atomic E-state index is 12.7. The van der Waals surface area contributed by atoms with E-state index in [0.717, 1.165) is 12.8 Å². The van der Waals surface area contributed by atoms with Crippen molar-refractivity contribution in [1.29, 1.82) is 0 Å². The van der Waals surface area contributed by atoms with Crippen LogP contribution >= 0.6 is 7.60 Å². The standard InChI is InChI=1S/C32H66NO5P/c1-7-9-10-11-12-13-14-15-16-17-18-19-20-21-22-23-24-25-26-28-37-29-31(36-6)30-38-39(34,35)32(27-8-2)33(3,4)5/h17-18,31-32H,7-16,19-30H2,1-6H3/b18-17-/t31-,32?/m1/s1. The topological polar surface area (TPSA) is 67.8 Å². The summed E-state index contributed by atoms with van der Waals surface area (Å²) >= 11 is 0. The second kappa shape index (κ2) is 25.5. The summed E-state index contributed by atoms with van der Waals surface area (Å²) in [5, 5.41) is 0. The third-order valence-electron chi connectivity index (χ3n) is 7.43. The number of rotatable bonds is 29. The molecule has 0 aromatic carbocycles. The Morgan fingerprint density at radius 1 is 0.718 bits per heavy atom. The molecule has 2 unspecified atom stereocenters. The van der Waals surface area contributed by atoms with Crippen molar-refractivity contribution in [3.8, 4) is 0 Å². The first-order valence-electron chi connectivity index (χ1n) is 16.2. The van der Waals surface area contributed by atoms with Crippen molar-refractivity contribution in [3.63, 3.8) is 0 Å². The van der Waals surface area contributed by atoms with Crippen molar-refractivity contribution < 1.29 is 27.9 Å². The van der Waals surface area contributed by atoms with Gasteiger partial charge in [-0.3, -0.25) is 0 Å². The zero-order chi connectivity index (χ0) is 29.2. The Kier molecular flexibility index (Phi) is 25.3. The molecule has 7 heteroatoms. The Labute approximate surface area is 243 Å². The molecule has 0 spiro atoms. The molecule has 0 aromatic heterocycles. The van der Waals surface area contributed by atoms with Gasteiger partial charge >= 0.3 is 0 Å². The van der Waals surface area contributed by atoms with Gasteiger partial charge in [0.2, 0.25) is 0 Å². The Morgan fingerprint density at radius 2 is 1.21 bits per heavy atom. The Balaban J connectivity index is 3.66. The predicted octanol–water partition coefficient (Wildman–Crippen LogP) is 8.63. The number of quaternary nitrogens is 1. The minimum Gasteiger partial charge on any atom is -0.774 e. The summed E-state index contributed by atoms with van der Waals surface area (Å²) in [5.74, 6) is -0.554. The fourth-order valence-electron chi connectivity index (χ4n) is 4.88. The smallest absolute Gasteiger partial charge is 0.193 e. The summed E-state index contributed by atoms with van der Waals surface area (Å²) in [4.78, 5) is 12.7. The van der Waals surface area contributed by atoms with Gasteiger partial charge in [0.1, 0.15) is 6.10 Å². The molecule has 0 bridgehead atoms. The maximum Gasteiger partial charge on any atom is 0.193 e. The van der Waals surface area contributed by atoms with Gasteiger partial charge in [-0.15, -0.1) is 0 Å². The van der Waals surface area contributed by atoms with Crippen LogP contribution in [-0.2, 0) is 18.6 Å². The molecule has 0 heterocycles. The van der Waals surface area contributed by atoms with Crippen molar-refractivity contribution in [2.45, 2.75) is 148 Å². The van der Waals surface area contributed by atoms with Crippen molar-refractivity contribution in [2.24, 2.45) is 0 Å². The number of hydrogen-bond acceptors (Lipinski definition) is 5. The second-order valence-corrected chi connectivity index (χ2v) is 14.1. The SMILES string of the molecule is CCCCCCCCCC/C=C\CCCCCCCCCOC[C@H](COP(=O)([O-])C(CCC)[N+](C)(C)C)OC. The molecule has 0 N–H and O–H groups in total. The second-order valence-electron chi connectivity index (χ2n) is 12.2. The van der Waals surface area contributed by atoms with Crippen LogP contribution < -0.4 is 4.89 Å². The average Bonchev–Trinajstić information content (AvgIpc) is 2.89. The van der Waals surface area contributed by atoms with Crippen LogP contribution in [-0.4, -0.2) is 64.4 Å². The molecule has 0 aliphatic carbocycles. The Hall–Kier alpha value is -0.230. The highest BCUT2D eigenvalue weighted by Crippen LogP contribution is 2.48. The van der Waals surface area contributed by atoms with Crippen molar-refractivity contribution in [1.82, 2.24) is 0 Å². The van der Waals surface area contributed by atoms with Crippen LogP contribution in [0, 0.1) is 0 Å². The van der Waals surface area contributed by atoms with Gasteiger partial charge < -0.3 is 27.9 Å². The van der Waals surface area contributed by atoms with Gasteiger partial charge in [-0.2, -0.15) is 0 Å². The lowest BCUT2D eigenvalue weighted by atomic mass is 10.1. The predicted molar refractivity (Wildman–Crippen MR) is 165 cm³/mol. The normalized spacial score (nSPS) is 15.6. The van der Waals surface area contributed by atoms with E-state index in [9.17, 15) is 9.46 Å². The Bertz CT molecular complexity index is 608. The van der Waals surface area contributed by atoms with E-state index in [0.29, 0.717) is 24.1 Å². The molecule has 39 heavy (non-hydrogen) atoms. The first-order chi connectivity index (χ1) is 18.7. The van der Waals surface area contributed by atoms with Crippen LogP contribution in [0.1, 0.15) is 136 Å². The third-order valence-corrected chi connectivity index (χ3v) is 9.62. The van der Waals surface area contributed by atoms with Crippen molar-refractivity contribution >= 4 is 7.60 Å². The van der Waals surface area contributed by atoms with Gasteiger partial charge in [-0.25, -0.2) is 0 Å². The molecular weight excluding hydrogens is 509 g/mol. The van der Waals surface area contributed by atoms with Gasteiger partial charge in [0.15, 0.2) is 13.4 Å². The molecule has 0 amide bonds. The van der Waals surface area contributed by atoms with Gasteiger partial charge in [-0.05, 0) is 38.5 Å². The summed E-state index contributed by atoms with van der Waals surface area (Å²) < 4.78 is 29.6. The van der Waals surface area contributed by atoms with Crippen LogP contribution in [0.15, 0.2) is 12.2 Å². The number of allylic oxidation sites excluding steroid dienone is 2. The van der Waals surface area contributed by atoms with Crippen LogP contribution in [0.2, 0.25) is 0 Å². The Morgan fingerprint density at radius 3 is 1.67 bits per heavy atom. The molecule has 0 radical (unpaired) electrons. The van der Waals surface area contributed by atoms with E-state index in [-0.39, 0.29) is 12.7 Å². The summed E-state index contributed by atoms with van der Waals surface area (Å²) in [6, 6.07) is 0. The van der Waals surface area contributed by atoms with Gasteiger partial charge in [-0.1, -0.05) is 103 Å². The highest BCUT2D eigenvalue weighted by molar-refractivity contribution is 7.51. The minimum atomic E-state index is -4.01. The van der Waals surface area contributed by atoms with E-state index < -0.39 is 13.4 Å². The fraction of sp³-hybridized carbons (Fsp3) is 0.938. The number of nitrogens with zero attached hydrogens (tertiary/aromatic N) is 1. The number of unbranched alkanes of at least 4 members (excludes halogenated alkanes) is 15. The summed E-state index contributed by atoms with van der Waals surface area (Å²) in [5.41, 5.74) is 0. The highest BCUT2D eigenvalue weighted by atomic mass is 31.2. The fourth-order valence-corrected chi connectivity index (χ4v) is 6.85. The van der Waals surface area contributed by atoms with Gasteiger partial charge in [0.05, 0.1) is 34.4 Å². The summed E-state index contributed by atoms with van der Waals surface area (Å²) in [6.07, 6.45) is 28.1. The van der Waals surface area contributed by atoms with Gasteiger partial charge in [0.25, 0.3) is 0 Å². The molecular formula is C32H66NO5P. The zero-order valence-electron chi connectivity index (χ0n) is 26.8. The van der Waals surface area contributed by atoms with Crippen LogP contribution in [0.5, 0.6) is 0 Å². The van der Waals surface area contributed by atoms with E-state index in [1.54, 1.807) is 7.11 Å². The van der Waals surface area contributed by atoms with Crippen LogP contribution in [0.4, 0.5) is 0 Å². The summed E-state index contributed by atoms with van der Waals surface area (Å²) in [6.45, 7) is 5.31. The molecule has 0 saturated carbocycles. The molecule has 0 aliphatic rings. The lowest BCUT2D eigenvalue weighted by Crippen LogP contribution is -2.47. The molecule has 6 nitrogen and oxygen atoms in total.